The van der Waals surface area contributed by atoms with Gasteiger partial charge in [-0.05, 0) is 26.0 Å². The lowest BCUT2D eigenvalue weighted by atomic mass is 10.0. The summed E-state index contributed by atoms with van der Waals surface area (Å²) in [5, 5.41) is 0.982. The number of aromatic amines is 1. The molecule has 0 saturated carbocycles. The fourth-order valence-corrected chi connectivity index (χ4v) is 4.49. The number of fused-ring (bicyclic) bond motifs is 4. The number of morpholine rings is 1. The maximum absolute atomic E-state index is 12.7. The lowest BCUT2D eigenvalue weighted by Gasteiger charge is -2.41. The molecule has 0 amide bonds. The third-order valence-electron chi connectivity index (χ3n) is 6.10. The highest BCUT2D eigenvalue weighted by Gasteiger charge is 2.42. The molecule has 0 aliphatic carbocycles. The molecular weight excluding hydrogens is 404 g/mol. The Morgan fingerprint density at radius 1 is 1.20 bits per heavy atom. The minimum atomic E-state index is -3.47. The van der Waals surface area contributed by atoms with Crippen molar-refractivity contribution in [3.8, 4) is 17.1 Å². The van der Waals surface area contributed by atoms with Gasteiger partial charge in [0.2, 0.25) is 0 Å². The molecule has 8 nitrogen and oxygen atoms in total. The van der Waals surface area contributed by atoms with Crippen molar-refractivity contribution in [3.05, 3.63) is 36.2 Å². The molecule has 1 saturated heterocycles. The number of hydrogen-bond acceptors (Lipinski definition) is 7. The van der Waals surface area contributed by atoms with E-state index in [1.165, 1.54) is 6.26 Å². The van der Waals surface area contributed by atoms with Gasteiger partial charge >= 0.3 is 0 Å². The number of nitrogens with zero attached hydrogens (tertiary/aromatic N) is 3. The zero-order valence-corrected chi connectivity index (χ0v) is 18.0. The zero-order chi connectivity index (χ0) is 21.1. The molecule has 0 radical (unpaired) electrons. The van der Waals surface area contributed by atoms with Gasteiger partial charge in [-0.15, -0.1) is 0 Å². The minimum Gasteiger partial charge on any atom is -0.486 e. The Hall–Kier alpha value is -2.65. The summed E-state index contributed by atoms with van der Waals surface area (Å²) in [4.78, 5) is 15.0. The van der Waals surface area contributed by atoms with Crippen LogP contribution in [0.1, 0.15) is 19.5 Å². The van der Waals surface area contributed by atoms with Crippen LogP contribution < -0.4 is 9.64 Å². The second-order valence-corrected chi connectivity index (χ2v) is 10.9. The fourth-order valence-electron chi connectivity index (χ4n) is 4.00. The Morgan fingerprint density at radius 3 is 2.83 bits per heavy atom. The molecule has 0 bridgehead atoms. The standard InChI is InChI=1S/C21H24N4O4S/c1-21(2,30(3,26)27)18-17-20(25-9-10-28-11-13(25)12-29-17)24-19(23-18)15-5-4-6-16-14(15)7-8-22-16/h4-8,13,22H,9-12H2,1-3H3. The van der Waals surface area contributed by atoms with Crippen molar-refractivity contribution in [2.75, 3.05) is 37.5 Å². The summed E-state index contributed by atoms with van der Waals surface area (Å²) in [6.07, 6.45) is 3.10. The lowest BCUT2D eigenvalue weighted by molar-refractivity contribution is 0.0691. The van der Waals surface area contributed by atoms with Gasteiger partial charge in [0.05, 0.1) is 19.3 Å². The number of rotatable bonds is 3. The SMILES string of the molecule is CC(C)(c1nc(-c2cccc3[nH]ccc23)nc2c1OCC1COCCN21)S(C)(=O)=O. The quantitative estimate of drug-likeness (QED) is 0.684. The topological polar surface area (TPSA) is 97.4 Å². The monoisotopic (exact) mass is 428 g/mol. The maximum Gasteiger partial charge on any atom is 0.185 e. The van der Waals surface area contributed by atoms with Crippen LogP contribution in [-0.4, -0.2) is 62.0 Å². The summed E-state index contributed by atoms with van der Waals surface area (Å²) in [6, 6.07) is 7.90. The molecular formula is C21H24N4O4S. The van der Waals surface area contributed by atoms with Gasteiger partial charge in [0.25, 0.3) is 0 Å². The van der Waals surface area contributed by atoms with Gasteiger partial charge in [-0.2, -0.15) is 0 Å². The van der Waals surface area contributed by atoms with Gasteiger partial charge < -0.3 is 19.4 Å². The first kappa shape index (κ1) is 19.3. The Bertz CT molecular complexity index is 1240. The van der Waals surface area contributed by atoms with E-state index < -0.39 is 14.6 Å². The first-order valence-electron chi connectivity index (χ1n) is 9.93. The number of sulfone groups is 1. The number of anilines is 1. The van der Waals surface area contributed by atoms with Crippen LogP contribution in [0.15, 0.2) is 30.5 Å². The molecule has 1 N–H and O–H groups in total. The van der Waals surface area contributed by atoms with Crippen molar-refractivity contribution >= 4 is 26.6 Å². The zero-order valence-electron chi connectivity index (χ0n) is 17.2. The minimum absolute atomic E-state index is 0.0475. The summed E-state index contributed by atoms with van der Waals surface area (Å²) >= 11 is 0. The molecule has 5 rings (SSSR count). The van der Waals surface area contributed by atoms with E-state index >= 15 is 0 Å². The van der Waals surface area contributed by atoms with Gasteiger partial charge in [0.15, 0.2) is 27.2 Å². The number of ether oxygens (including phenoxy) is 2. The molecule has 0 spiro atoms. The Balaban J connectivity index is 1.79. The molecule has 158 valence electrons. The molecule has 2 aliphatic rings. The third-order valence-corrected chi connectivity index (χ3v) is 8.15. The Morgan fingerprint density at radius 2 is 2.03 bits per heavy atom. The van der Waals surface area contributed by atoms with Crippen molar-refractivity contribution in [1.29, 1.82) is 0 Å². The molecule has 2 aliphatic heterocycles. The van der Waals surface area contributed by atoms with Crippen LogP contribution in [0.25, 0.3) is 22.3 Å². The van der Waals surface area contributed by atoms with Gasteiger partial charge in [-0.25, -0.2) is 18.4 Å². The molecule has 1 aromatic carbocycles. The summed E-state index contributed by atoms with van der Waals surface area (Å²) in [5.74, 6) is 1.58. The van der Waals surface area contributed by atoms with Crippen molar-refractivity contribution in [2.24, 2.45) is 0 Å². The van der Waals surface area contributed by atoms with Crippen LogP contribution in [0.5, 0.6) is 5.75 Å². The summed E-state index contributed by atoms with van der Waals surface area (Å²) in [7, 11) is -3.47. The molecule has 1 fully saturated rings. The van der Waals surface area contributed by atoms with E-state index in [2.05, 4.69) is 9.88 Å². The first-order chi connectivity index (χ1) is 14.3. The maximum atomic E-state index is 12.7. The van der Waals surface area contributed by atoms with E-state index in [1.807, 2.05) is 30.5 Å². The van der Waals surface area contributed by atoms with E-state index in [4.69, 9.17) is 19.4 Å². The van der Waals surface area contributed by atoms with E-state index in [1.54, 1.807) is 13.8 Å². The van der Waals surface area contributed by atoms with Crippen LogP contribution in [0.3, 0.4) is 0 Å². The predicted octanol–water partition coefficient (Wildman–Crippen LogP) is 2.50. The van der Waals surface area contributed by atoms with E-state index in [-0.39, 0.29) is 6.04 Å². The van der Waals surface area contributed by atoms with Crippen LogP contribution in [0.4, 0.5) is 5.82 Å². The smallest absolute Gasteiger partial charge is 0.185 e. The molecule has 2 aromatic heterocycles. The number of H-pyrrole nitrogens is 1. The van der Waals surface area contributed by atoms with E-state index in [9.17, 15) is 8.42 Å². The number of nitrogens with one attached hydrogen (secondary N) is 1. The third kappa shape index (κ3) is 2.87. The van der Waals surface area contributed by atoms with Gasteiger partial charge in [-0.1, -0.05) is 12.1 Å². The van der Waals surface area contributed by atoms with Gasteiger partial charge in [-0.3, -0.25) is 0 Å². The Labute approximate surface area is 175 Å². The average molecular weight is 429 g/mol. The molecule has 1 atom stereocenters. The molecule has 4 heterocycles. The Kier molecular flexibility index (Phi) is 4.30. The highest BCUT2D eigenvalue weighted by Crippen LogP contribution is 2.44. The largest absolute Gasteiger partial charge is 0.486 e. The fraction of sp³-hybridized carbons (Fsp3) is 0.429. The molecule has 30 heavy (non-hydrogen) atoms. The second kappa shape index (κ2) is 6.68. The van der Waals surface area contributed by atoms with Crippen molar-refractivity contribution in [3.63, 3.8) is 0 Å². The first-order valence-corrected chi connectivity index (χ1v) is 11.8. The highest BCUT2D eigenvalue weighted by atomic mass is 32.2. The number of benzene rings is 1. The summed E-state index contributed by atoms with van der Waals surface area (Å²) in [5.41, 5.74) is 2.21. The van der Waals surface area contributed by atoms with E-state index in [0.717, 1.165) is 16.5 Å². The van der Waals surface area contributed by atoms with Crippen molar-refractivity contribution < 1.29 is 17.9 Å². The molecule has 9 heteroatoms. The molecule has 1 unspecified atom stereocenters. The van der Waals surface area contributed by atoms with E-state index in [0.29, 0.717) is 49.5 Å². The highest BCUT2D eigenvalue weighted by molar-refractivity contribution is 7.91. The van der Waals surface area contributed by atoms with Crippen LogP contribution >= 0.6 is 0 Å². The lowest BCUT2D eigenvalue weighted by Crippen LogP contribution is -2.52. The summed E-state index contributed by atoms with van der Waals surface area (Å²) in [6.45, 7) is 5.56. The van der Waals surface area contributed by atoms with Gasteiger partial charge in [0, 0.05) is 35.5 Å². The van der Waals surface area contributed by atoms with Crippen molar-refractivity contribution in [2.45, 2.75) is 24.6 Å². The second-order valence-electron chi connectivity index (χ2n) is 8.31. The number of hydrogen-bond donors (Lipinski definition) is 1. The normalized spacial score (nSPS) is 19.3. The van der Waals surface area contributed by atoms with Gasteiger partial charge in [0.1, 0.15) is 17.0 Å². The van der Waals surface area contributed by atoms with Crippen LogP contribution in [0.2, 0.25) is 0 Å². The predicted molar refractivity (Wildman–Crippen MR) is 115 cm³/mol. The summed E-state index contributed by atoms with van der Waals surface area (Å²) < 4.78 is 35.8. The van der Waals surface area contributed by atoms with Crippen LogP contribution in [-0.2, 0) is 19.3 Å². The van der Waals surface area contributed by atoms with Crippen molar-refractivity contribution in [1.82, 2.24) is 15.0 Å². The van der Waals surface area contributed by atoms with Crippen LogP contribution in [0, 0.1) is 0 Å². The molecule has 3 aromatic rings. The number of aromatic nitrogens is 3. The average Bonchev–Trinajstić information content (AvgIpc) is 3.21.